The van der Waals surface area contributed by atoms with Crippen molar-refractivity contribution < 1.29 is 9.31 Å². The molecule has 0 unspecified atom stereocenters. The predicted octanol–water partition coefficient (Wildman–Crippen LogP) is -0.538. The number of nitrogens with one attached hydrogen (secondary N) is 1. The zero-order valence-corrected chi connectivity index (χ0v) is 9.99. The summed E-state index contributed by atoms with van der Waals surface area (Å²) in [5.74, 6) is 0. The van der Waals surface area contributed by atoms with Gasteiger partial charge in [-0.1, -0.05) is 23.0 Å². The molecule has 1 aromatic carbocycles. The first-order valence-electron chi connectivity index (χ1n) is 5.98. The van der Waals surface area contributed by atoms with Crippen LogP contribution >= 0.6 is 0 Å². The van der Waals surface area contributed by atoms with Crippen molar-refractivity contribution in [3.05, 3.63) is 42.1 Å². The summed E-state index contributed by atoms with van der Waals surface area (Å²) >= 11 is 0. The topological polar surface area (TPSA) is 61.5 Å². The van der Waals surface area contributed by atoms with Crippen molar-refractivity contribution in [1.29, 1.82) is 5.41 Å². The molecule has 0 aliphatic carbocycles. The van der Waals surface area contributed by atoms with E-state index in [2.05, 4.69) is 39.4 Å². The number of hydrogen-bond donors (Lipinski definition) is 1. The second-order valence-corrected chi connectivity index (χ2v) is 4.26. The molecular formula is C12H15N5O. The highest BCUT2D eigenvalue weighted by Crippen LogP contribution is 2.13. The molecule has 0 saturated carbocycles. The van der Waals surface area contributed by atoms with E-state index in [-0.39, 0.29) is 5.55 Å². The van der Waals surface area contributed by atoms with E-state index in [1.54, 1.807) is 11.0 Å². The van der Waals surface area contributed by atoms with Crippen molar-refractivity contribution in [2.45, 2.75) is 0 Å². The maximum atomic E-state index is 7.32. The molecule has 1 N–H and O–H groups in total. The van der Waals surface area contributed by atoms with Crippen LogP contribution in [-0.2, 0) is 0 Å². The summed E-state index contributed by atoms with van der Waals surface area (Å²) in [5.41, 5.74) is 1.34. The van der Waals surface area contributed by atoms with E-state index in [1.165, 1.54) is 5.69 Å². The molecule has 1 aliphatic heterocycles. The Morgan fingerprint density at radius 2 is 1.83 bits per heavy atom. The number of nitrogens with zero attached hydrogens (tertiary/aromatic N) is 4. The zero-order valence-electron chi connectivity index (χ0n) is 9.99. The van der Waals surface area contributed by atoms with Gasteiger partial charge in [0.05, 0.1) is 0 Å². The van der Waals surface area contributed by atoms with E-state index in [0.717, 1.165) is 26.2 Å². The first-order chi connectivity index (χ1) is 8.83. The molecule has 0 bridgehead atoms. The molecule has 0 amide bonds. The lowest BCUT2D eigenvalue weighted by molar-refractivity contribution is -0.763. The van der Waals surface area contributed by atoms with Crippen LogP contribution in [0.15, 0.2) is 41.1 Å². The molecule has 0 radical (unpaired) electrons. The SMILES string of the molecule is N=c1c[n+](N2CCN(c3ccccc3)CC2)[n-]o1. The molecule has 1 aliphatic rings. The van der Waals surface area contributed by atoms with Gasteiger partial charge in [-0.25, -0.2) is 0 Å². The highest BCUT2D eigenvalue weighted by atomic mass is 16.5. The summed E-state index contributed by atoms with van der Waals surface area (Å²) in [6.45, 7) is 3.62. The Balaban J connectivity index is 1.66. The molecule has 1 fully saturated rings. The summed E-state index contributed by atoms with van der Waals surface area (Å²) in [4.78, 5) is 3.96. The van der Waals surface area contributed by atoms with Gasteiger partial charge in [-0.3, -0.25) is 10.4 Å². The smallest absolute Gasteiger partial charge is 0.286 e. The van der Waals surface area contributed by atoms with Gasteiger partial charge in [-0.2, -0.15) is 0 Å². The van der Waals surface area contributed by atoms with Crippen LogP contribution in [0.4, 0.5) is 5.69 Å². The van der Waals surface area contributed by atoms with Gasteiger partial charge < -0.3 is 9.42 Å². The van der Waals surface area contributed by atoms with Crippen LogP contribution in [0.1, 0.15) is 0 Å². The van der Waals surface area contributed by atoms with E-state index in [0.29, 0.717) is 0 Å². The van der Waals surface area contributed by atoms with Crippen molar-refractivity contribution >= 4 is 5.69 Å². The molecule has 6 nitrogen and oxygen atoms in total. The van der Waals surface area contributed by atoms with Crippen molar-refractivity contribution in [2.24, 2.45) is 0 Å². The number of rotatable bonds is 2. The fourth-order valence-electron chi connectivity index (χ4n) is 2.17. The van der Waals surface area contributed by atoms with Gasteiger partial charge in [0.15, 0.2) is 0 Å². The van der Waals surface area contributed by atoms with Gasteiger partial charge in [0.2, 0.25) is 0 Å². The number of piperazine rings is 1. The van der Waals surface area contributed by atoms with Gasteiger partial charge >= 0.3 is 0 Å². The number of benzene rings is 1. The predicted molar refractivity (Wildman–Crippen MR) is 64.7 cm³/mol. The van der Waals surface area contributed by atoms with E-state index in [9.17, 15) is 0 Å². The van der Waals surface area contributed by atoms with Crippen molar-refractivity contribution in [1.82, 2.24) is 5.27 Å². The third-order valence-corrected chi connectivity index (χ3v) is 3.12. The monoisotopic (exact) mass is 245 g/mol. The van der Waals surface area contributed by atoms with Crippen LogP contribution in [-0.4, -0.2) is 26.2 Å². The van der Waals surface area contributed by atoms with Crippen LogP contribution in [0.3, 0.4) is 0 Å². The standard InChI is InChI=1S/C12H15N5O/c13-12-10-17(14-18-12)16-8-6-15(7-9-16)11-4-2-1-3-5-11/h1-5,10,13H,6-9H2. The summed E-state index contributed by atoms with van der Waals surface area (Å²) < 4.78 is 4.75. The molecular weight excluding hydrogens is 230 g/mol. The summed E-state index contributed by atoms with van der Waals surface area (Å²) in [6.07, 6.45) is 1.58. The molecule has 18 heavy (non-hydrogen) atoms. The Morgan fingerprint density at radius 3 is 2.44 bits per heavy atom. The number of hydrogen-bond acceptors (Lipinski definition) is 4. The number of anilines is 1. The average molecular weight is 245 g/mol. The van der Waals surface area contributed by atoms with Gasteiger partial charge in [-0.05, 0) is 17.4 Å². The molecule has 6 heteroatoms. The van der Waals surface area contributed by atoms with E-state index in [4.69, 9.17) is 9.93 Å². The molecule has 0 atom stereocenters. The lowest BCUT2D eigenvalue weighted by atomic mass is 10.2. The van der Waals surface area contributed by atoms with Crippen LogP contribution in [0.25, 0.3) is 0 Å². The third kappa shape index (κ3) is 2.09. The first-order valence-corrected chi connectivity index (χ1v) is 5.98. The van der Waals surface area contributed by atoms with E-state index >= 15 is 0 Å². The fraction of sp³-hybridized carbons (Fsp3) is 0.333. The minimum absolute atomic E-state index is 0.0838. The molecule has 1 aromatic heterocycles. The second kappa shape index (κ2) is 4.56. The molecule has 1 saturated heterocycles. The van der Waals surface area contributed by atoms with Crippen LogP contribution in [0.5, 0.6) is 0 Å². The minimum atomic E-state index is 0.0838. The Bertz CT molecular complexity index is 553. The maximum absolute atomic E-state index is 7.32. The van der Waals surface area contributed by atoms with Gasteiger partial charge in [-0.15, -0.1) is 0 Å². The molecule has 3 rings (SSSR count). The summed E-state index contributed by atoms with van der Waals surface area (Å²) in [5, 5.41) is 13.2. The normalized spacial score (nSPS) is 16.0. The summed E-state index contributed by atoms with van der Waals surface area (Å²) in [6, 6.07) is 10.4. The second-order valence-electron chi connectivity index (χ2n) is 4.26. The third-order valence-electron chi connectivity index (χ3n) is 3.12. The van der Waals surface area contributed by atoms with Crippen LogP contribution in [0, 0.1) is 5.41 Å². The zero-order chi connectivity index (χ0) is 12.4. The summed E-state index contributed by atoms with van der Waals surface area (Å²) in [7, 11) is 0. The maximum Gasteiger partial charge on any atom is 0.286 e. The molecule has 0 spiro atoms. The molecule has 94 valence electrons. The van der Waals surface area contributed by atoms with Gasteiger partial charge in [0.1, 0.15) is 0 Å². The Labute approximate surface area is 104 Å². The Hall–Kier alpha value is -2.24. The lowest BCUT2D eigenvalue weighted by Crippen LogP contribution is -2.66. The van der Waals surface area contributed by atoms with Crippen molar-refractivity contribution in [3.8, 4) is 0 Å². The number of para-hydroxylation sites is 1. The number of aromatic nitrogens is 2. The highest BCUT2D eigenvalue weighted by Gasteiger charge is 2.17. The van der Waals surface area contributed by atoms with Crippen molar-refractivity contribution in [3.63, 3.8) is 0 Å². The van der Waals surface area contributed by atoms with Gasteiger partial charge in [0.25, 0.3) is 11.8 Å². The molecule has 2 aromatic rings. The fourth-order valence-corrected chi connectivity index (χ4v) is 2.17. The van der Waals surface area contributed by atoms with Crippen molar-refractivity contribution in [2.75, 3.05) is 36.1 Å². The Kier molecular flexibility index (Phi) is 2.76. The van der Waals surface area contributed by atoms with Crippen LogP contribution in [0.2, 0.25) is 0 Å². The molecule has 2 heterocycles. The van der Waals surface area contributed by atoms with E-state index < -0.39 is 0 Å². The van der Waals surface area contributed by atoms with Gasteiger partial charge in [0, 0.05) is 31.9 Å². The average Bonchev–Trinajstić information content (AvgIpc) is 2.87. The van der Waals surface area contributed by atoms with E-state index in [1.807, 2.05) is 6.07 Å². The Morgan fingerprint density at radius 1 is 1.11 bits per heavy atom. The minimum Gasteiger partial charge on any atom is -0.380 e. The first kappa shape index (κ1) is 10.9. The quantitative estimate of drug-likeness (QED) is 0.722. The lowest BCUT2D eigenvalue weighted by Gasteiger charge is -2.36. The largest absolute Gasteiger partial charge is 0.380 e. The highest BCUT2D eigenvalue weighted by molar-refractivity contribution is 5.46. The van der Waals surface area contributed by atoms with Crippen LogP contribution < -0.4 is 25.5 Å².